The van der Waals surface area contributed by atoms with Gasteiger partial charge in [-0.25, -0.2) is 18.1 Å². The quantitative estimate of drug-likeness (QED) is 0.925. The molecule has 1 aliphatic carbocycles. The molecule has 0 saturated heterocycles. The Morgan fingerprint density at radius 2 is 1.95 bits per heavy atom. The Morgan fingerprint density at radius 1 is 1.25 bits per heavy atom. The van der Waals surface area contributed by atoms with Crippen LogP contribution in [0.4, 0.5) is 0 Å². The highest BCUT2D eigenvalue weighted by atomic mass is 32.2. The van der Waals surface area contributed by atoms with E-state index in [-0.39, 0.29) is 16.5 Å². The molecule has 0 unspecified atom stereocenters. The summed E-state index contributed by atoms with van der Waals surface area (Å²) in [7, 11) is -3.88. The summed E-state index contributed by atoms with van der Waals surface area (Å²) < 4.78 is 31.1. The van der Waals surface area contributed by atoms with E-state index in [4.69, 9.17) is 4.42 Å². The standard InChI is InChI=1S/C13H12N2O4S/c16-12(11-8-19-13(14-11)9-6-7-9)15-20(17,18)10-4-2-1-3-5-10/h1-5,8-9H,6-7H2,(H,15,16). The number of carbonyl (C=O) groups is 1. The topological polar surface area (TPSA) is 89.3 Å². The molecule has 2 aromatic rings. The molecule has 0 radical (unpaired) electrons. The number of rotatable bonds is 4. The molecule has 3 rings (SSSR count). The largest absolute Gasteiger partial charge is 0.448 e. The van der Waals surface area contributed by atoms with Gasteiger partial charge in [0.25, 0.3) is 15.9 Å². The van der Waals surface area contributed by atoms with Gasteiger partial charge in [0, 0.05) is 5.92 Å². The van der Waals surface area contributed by atoms with Gasteiger partial charge in [-0.2, -0.15) is 0 Å². The highest BCUT2D eigenvalue weighted by Gasteiger charge is 2.30. The number of hydrogen-bond donors (Lipinski definition) is 1. The molecule has 0 atom stereocenters. The minimum atomic E-state index is -3.88. The van der Waals surface area contributed by atoms with Crippen molar-refractivity contribution in [2.24, 2.45) is 0 Å². The Balaban J connectivity index is 1.77. The maximum atomic E-state index is 12.0. The van der Waals surface area contributed by atoms with Crippen molar-refractivity contribution in [1.29, 1.82) is 0 Å². The monoisotopic (exact) mass is 292 g/mol. The molecular formula is C13H12N2O4S. The van der Waals surface area contributed by atoms with E-state index in [9.17, 15) is 13.2 Å². The number of nitrogens with one attached hydrogen (secondary N) is 1. The van der Waals surface area contributed by atoms with Crippen molar-refractivity contribution in [2.45, 2.75) is 23.7 Å². The normalized spacial score (nSPS) is 15.0. The van der Waals surface area contributed by atoms with Crippen LogP contribution in [-0.4, -0.2) is 19.3 Å². The van der Waals surface area contributed by atoms with E-state index in [2.05, 4.69) is 4.98 Å². The third-order valence-corrected chi connectivity index (χ3v) is 4.31. The average molecular weight is 292 g/mol. The van der Waals surface area contributed by atoms with E-state index < -0.39 is 15.9 Å². The lowest BCUT2D eigenvalue weighted by molar-refractivity contribution is 0.0976. The van der Waals surface area contributed by atoms with E-state index >= 15 is 0 Å². The van der Waals surface area contributed by atoms with Gasteiger partial charge in [-0.05, 0) is 25.0 Å². The van der Waals surface area contributed by atoms with Gasteiger partial charge in [-0.3, -0.25) is 4.79 Å². The summed E-state index contributed by atoms with van der Waals surface area (Å²) >= 11 is 0. The first kappa shape index (κ1) is 12.9. The fourth-order valence-corrected chi connectivity index (χ4v) is 2.72. The lowest BCUT2D eigenvalue weighted by atomic mass is 10.4. The summed E-state index contributed by atoms with van der Waals surface area (Å²) in [6.45, 7) is 0. The Bertz CT molecular complexity index is 733. The second-order valence-corrected chi connectivity index (χ2v) is 6.28. The zero-order valence-corrected chi connectivity index (χ0v) is 11.3. The minimum Gasteiger partial charge on any atom is -0.448 e. The van der Waals surface area contributed by atoms with Crippen molar-refractivity contribution in [3.63, 3.8) is 0 Å². The molecular weight excluding hydrogens is 280 g/mol. The summed E-state index contributed by atoms with van der Waals surface area (Å²) in [6, 6.07) is 7.68. The summed E-state index contributed by atoms with van der Waals surface area (Å²) in [4.78, 5) is 15.9. The predicted octanol–water partition coefficient (Wildman–Crippen LogP) is 1.67. The van der Waals surface area contributed by atoms with Gasteiger partial charge in [-0.1, -0.05) is 18.2 Å². The molecule has 1 aromatic heterocycles. The summed E-state index contributed by atoms with van der Waals surface area (Å²) in [6.07, 6.45) is 3.16. The van der Waals surface area contributed by atoms with Gasteiger partial charge < -0.3 is 4.42 Å². The van der Waals surface area contributed by atoms with E-state index in [1.165, 1.54) is 18.4 Å². The fraction of sp³-hybridized carbons (Fsp3) is 0.231. The van der Waals surface area contributed by atoms with Crippen LogP contribution in [-0.2, 0) is 10.0 Å². The second kappa shape index (κ2) is 4.75. The molecule has 1 aromatic carbocycles. The van der Waals surface area contributed by atoms with Gasteiger partial charge in [0.1, 0.15) is 6.26 Å². The smallest absolute Gasteiger partial charge is 0.286 e. The van der Waals surface area contributed by atoms with Gasteiger partial charge in [0.2, 0.25) is 0 Å². The number of nitrogens with zero attached hydrogens (tertiary/aromatic N) is 1. The first-order chi connectivity index (χ1) is 9.56. The molecule has 0 bridgehead atoms. The van der Waals surface area contributed by atoms with Crippen molar-refractivity contribution in [1.82, 2.24) is 9.71 Å². The van der Waals surface area contributed by atoms with Crippen molar-refractivity contribution in [3.05, 3.63) is 48.2 Å². The van der Waals surface area contributed by atoms with Crippen LogP contribution in [0.1, 0.15) is 35.1 Å². The van der Waals surface area contributed by atoms with Crippen molar-refractivity contribution in [2.75, 3.05) is 0 Å². The predicted molar refractivity (Wildman–Crippen MR) is 69.6 cm³/mol. The lowest BCUT2D eigenvalue weighted by Crippen LogP contribution is -2.30. The van der Waals surface area contributed by atoms with Crippen LogP contribution in [0.15, 0.2) is 45.9 Å². The van der Waals surface area contributed by atoms with Crippen LogP contribution < -0.4 is 4.72 Å². The highest BCUT2D eigenvalue weighted by molar-refractivity contribution is 7.90. The molecule has 1 heterocycles. The second-order valence-electron chi connectivity index (χ2n) is 4.59. The Labute approximate surface area is 115 Å². The lowest BCUT2D eigenvalue weighted by Gasteiger charge is -2.04. The van der Waals surface area contributed by atoms with E-state index in [1.54, 1.807) is 18.2 Å². The van der Waals surface area contributed by atoms with Crippen LogP contribution in [0.25, 0.3) is 0 Å². The zero-order valence-electron chi connectivity index (χ0n) is 10.4. The number of sulfonamides is 1. The summed E-state index contributed by atoms with van der Waals surface area (Å²) in [5.41, 5.74) is -0.0218. The van der Waals surface area contributed by atoms with E-state index in [1.807, 2.05) is 4.72 Å². The average Bonchev–Trinajstić information content (AvgIpc) is 3.17. The Kier molecular flexibility index (Phi) is 3.06. The molecule has 0 aliphatic heterocycles. The Morgan fingerprint density at radius 3 is 2.60 bits per heavy atom. The number of hydrogen-bond acceptors (Lipinski definition) is 5. The number of oxazole rings is 1. The van der Waals surface area contributed by atoms with Crippen LogP contribution in [0.5, 0.6) is 0 Å². The molecule has 6 nitrogen and oxygen atoms in total. The van der Waals surface area contributed by atoms with Crippen LogP contribution in [0, 0.1) is 0 Å². The fourth-order valence-electron chi connectivity index (χ4n) is 1.74. The maximum Gasteiger partial charge on any atom is 0.286 e. The molecule has 7 heteroatoms. The SMILES string of the molecule is O=C(NS(=O)(=O)c1ccccc1)c1coc(C2CC2)n1. The highest BCUT2D eigenvalue weighted by Crippen LogP contribution is 2.39. The van der Waals surface area contributed by atoms with Crippen LogP contribution in [0.3, 0.4) is 0 Å². The third-order valence-electron chi connectivity index (χ3n) is 2.96. The van der Waals surface area contributed by atoms with Gasteiger partial charge >= 0.3 is 0 Å². The van der Waals surface area contributed by atoms with Crippen molar-refractivity contribution >= 4 is 15.9 Å². The number of amides is 1. The molecule has 104 valence electrons. The van der Waals surface area contributed by atoms with Gasteiger partial charge in [0.15, 0.2) is 11.6 Å². The maximum absolute atomic E-state index is 12.0. The Hall–Kier alpha value is -2.15. The van der Waals surface area contributed by atoms with E-state index in [0.717, 1.165) is 12.8 Å². The zero-order chi connectivity index (χ0) is 14.2. The molecule has 1 saturated carbocycles. The molecule has 1 N–H and O–H groups in total. The first-order valence-electron chi connectivity index (χ1n) is 6.14. The summed E-state index contributed by atoms with van der Waals surface area (Å²) in [5.74, 6) is -0.0287. The number of benzene rings is 1. The number of carbonyl (C=O) groups excluding carboxylic acids is 1. The number of aromatic nitrogens is 1. The van der Waals surface area contributed by atoms with Crippen LogP contribution in [0.2, 0.25) is 0 Å². The molecule has 1 amide bonds. The van der Waals surface area contributed by atoms with Gasteiger partial charge in [0.05, 0.1) is 4.90 Å². The molecule has 20 heavy (non-hydrogen) atoms. The van der Waals surface area contributed by atoms with E-state index in [0.29, 0.717) is 5.89 Å². The third kappa shape index (κ3) is 2.57. The van der Waals surface area contributed by atoms with Crippen molar-refractivity contribution in [3.8, 4) is 0 Å². The van der Waals surface area contributed by atoms with Gasteiger partial charge in [-0.15, -0.1) is 0 Å². The van der Waals surface area contributed by atoms with Crippen LogP contribution >= 0.6 is 0 Å². The summed E-state index contributed by atoms with van der Waals surface area (Å²) in [5, 5.41) is 0. The molecule has 1 fully saturated rings. The molecule has 1 aliphatic rings. The minimum absolute atomic E-state index is 0.0218. The van der Waals surface area contributed by atoms with Crippen molar-refractivity contribution < 1.29 is 17.6 Å². The first-order valence-corrected chi connectivity index (χ1v) is 7.62. The molecule has 0 spiro atoms.